The molecule has 0 N–H and O–H groups in total. The van der Waals surface area contributed by atoms with Crippen molar-refractivity contribution in [3.05, 3.63) is 51.2 Å². The monoisotopic (exact) mass is 347 g/mol. The topological polar surface area (TPSA) is 49.0 Å². The van der Waals surface area contributed by atoms with Gasteiger partial charge in [0.25, 0.3) is 0 Å². The van der Waals surface area contributed by atoms with Gasteiger partial charge < -0.3 is 0 Å². The fraction of sp³-hybridized carbons (Fsp3) is 0. The zero-order valence-corrected chi connectivity index (χ0v) is 12.7. The van der Waals surface area contributed by atoms with Gasteiger partial charge in [0.15, 0.2) is 9.27 Å². The van der Waals surface area contributed by atoms with Crippen LogP contribution in [-0.4, -0.2) is 4.37 Å². The molecule has 0 unspecified atom stereocenters. The van der Waals surface area contributed by atoms with Gasteiger partial charge in [-0.05, 0) is 55.2 Å². The molecule has 0 saturated heterocycles. The molecule has 0 atom stereocenters. The van der Waals surface area contributed by atoms with Crippen LogP contribution >= 0.6 is 36.8 Å². The van der Waals surface area contributed by atoms with E-state index in [1.165, 1.54) is 20.9 Å². The van der Waals surface area contributed by atoms with Gasteiger partial charge >= 0.3 is 0 Å². The van der Waals surface area contributed by atoms with Crippen molar-refractivity contribution in [3.63, 3.8) is 0 Å². The number of hydrogen-bond acceptors (Lipinski definition) is 5. The standard InChI is InChI=1S/C13H6BrN3S2/c14-12-13(18-19-17-12)16-10-4-5-11-8(6-10)2-1-3-9(11)7-15/h1-6H/b16-13+. The summed E-state index contributed by atoms with van der Waals surface area (Å²) in [5.41, 5.74) is 1.55. The fourth-order valence-corrected chi connectivity index (χ4v) is 4.41. The summed E-state index contributed by atoms with van der Waals surface area (Å²) in [6.07, 6.45) is 0. The Balaban J connectivity index is 2.19. The van der Waals surface area contributed by atoms with E-state index in [9.17, 15) is 0 Å². The molecule has 0 radical (unpaired) electrons. The molecule has 0 saturated carbocycles. The first kappa shape index (κ1) is 12.5. The second-order valence-corrected chi connectivity index (χ2v) is 6.36. The summed E-state index contributed by atoms with van der Waals surface area (Å²) in [7, 11) is 2.93. The van der Waals surface area contributed by atoms with Gasteiger partial charge in [0.05, 0.1) is 17.3 Å². The van der Waals surface area contributed by atoms with Gasteiger partial charge in [-0.3, -0.25) is 0 Å². The van der Waals surface area contributed by atoms with E-state index in [0.29, 0.717) is 5.56 Å². The summed E-state index contributed by atoms with van der Waals surface area (Å²) in [4.78, 5) is 4.54. The number of aromatic nitrogens is 1. The Morgan fingerprint density at radius 3 is 2.89 bits per heavy atom. The lowest BCUT2D eigenvalue weighted by Crippen LogP contribution is -1.92. The number of nitriles is 1. The third-order valence-electron chi connectivity index (χ3n) is 2.63. The van der Waals surface area contributed by atoms with Crippen LogP contribution in [0.3, 0.4) is 0 Å². The molecule has 1 heterocycles. The van der Waals surface area contributed by atoms with Crippen molar-refractivity contribution in [1.82, 2.24) is 4.37 Å². The number of halogens is 1. The maximum absolute atomic E-state index is 9.06. The molecule has 0 aliphatic heterocycles. The first-order valence-electron chi connectivity index (χ1n) is 5.37. The highest BCUT2D eigenvalue weighted by Crippen LogP contribution is 2.24. The molecule has 6 heteroatoms. The summed E-state index contributed by atoms with van der Waals surface area (Å²) >= 11 is 3.37. The van der Waals surface area contributed by atoms with Gasteiger partial charge in [-0.1, -0.05) is 18.2 Å². The first-order valence-corrected chi connectivity index (χ1v) is 8.27. The Labute approximate surface area is 125 Å². The minimum absolute atomic E-state index is 0.685. The molecule has 3 nitrogen and oxygen atoms in total. The van der Waals surface area contributed by atoms with E-state index in [1.54, 1.807) is 0 Å². The zero-order valence-electron chi connectivity index (χ0n) is 9.50. The molecule has 0 bridgehead atoms. The summed E-state index contributed by atoms with van der Waals surface area (Å²) in [6, 6.07) is 13.7. The maximum atomic E-state index is 9.06. The van der Waals surface area contributed by atoms with Crippen molar-refractivity contribution in [2.45, 2.75) is 0 Å². The van der Waals surface area contributed by atoms with E-state index in [-0.39, 0.29) is 0 Å². The highest BCUT2D eigenvalue weighted by Gasteiger charge is 2.02. The van der Waals surface area contributed by atoms with Crippen molar-refractivity contribution in [2.75, 3.05) is 0 Å². The van der Waals surface area contributed by atoms with Crippen molar-refractivity contribution in [1.29, 1.82) is 5.26 Å². The van der Waals surface area contributed by atoms with Gasteiger partial charge in [-0.2, -0.15) is 9.64 Å². The molecule has 3 aromatic rings. The van der Waals surface area contributed by atoms with Gasteiger partial charge in [0.2, 0.25) is 0 Å². The molecule has 1 aromatic heterocycles. The number of benzene rings is 2. The summed E-state index contributed by atoms with van der Waals surface area (Å²) < 4.78 is 5.78. The summed E-state index contributed by atoms with van der Waals surface area (Å²) in [5.74, 6) is 0. The predicted molar refractivity (Wildman–Crippen MR) is 81.6 cm³/mol. The molecule has 3 rings (SSSR count). The molecular weight excluding hydrogens is 342 g/mol. The van der Waals surface area contributed by atoms with Crippen LogP contribution in [0.25, 0.3) is 10.8 Å². The maximum Gasteiger partial charge on any atom is 0.162 e. The van der Waals surface area contributed by atoms with E-state index in [4.69, 9.17) is 5.26 Å². The fourth-order valence-electron chi connectivity index (χ4n) is 1.78. The number of hydrogen-bond donors (Lipinski definition) is 0. The third kappa shape index (κ3) is 2.45. The Bertz CT molecular complexity index is 858. The highest BCUT2D eigenvalue weighted by molar-refractivity contribution is 9.10. The SMILES string of the molecule is N#Cc1cccc2cc(/N=c3/ssnc3Br)ccc12. The van der Waals surface area contributed by atoms with Crippen molar-refractivity contribution in [2.24, 2.45) is 4.99 Å². The average molecular weight is 348 g/mol. The van der Waals surface area contributed by atoms with Crippen LogP contribution in [0.5, 0.6) is 0 Å². The van der Waals surface area contributed by atoms with Crippen LogP contribution in [0.4, 0.5) is 5.69 Å². The molecule has 92 valence electrons. The van der Waals surface area contributed by atoms with E-state index < -0.39 is 0 Å². The van der Waals surface area contributed by atoms with Crippen LogP contribution < -0.4 is 4.67 Å². The minimum atomic E-state index is 0.685. The van der Waals surface area contributed by atoms with Gasteiger partial charge in [-0.25, -0.2) is 4.99 Å². The normalized spacial score (nSPS) is 11.7. The quantitative estimate of drug-likeness (QED) is 0.618. The summed E-state index contributed by atoms with van der Waals surface area (Å²) in [6.45, 7) is 0. The van der Waals surface area contributed by atoms with E-state index in [0.717, 1.165) is 25.7 Å². The van der Waals surface area contributed by atoms with Crippen molar-refractivity contribution in [3.8, 4) is 6.07 Å². The van der Waals surface area contributed by atoms with Gasteiger partial charge in [-0.15, -0.1) is 0 Å². The highest BCUT2D eigenvalue weighted by atomic mass is 79.9. The molecular formula is C13H6BrN3S2. The Hall–Kier alpha value is -1.55. The van der Waals surface area contributed by atoms with Crippen LogP contribution in [0.1, 0.15) is 5.56 Å². The lowest BCUT2D eigenvalue weighted by molar-refractivity contribution is 1.34. The largest absolute Gasteiger partial charge is 0.234 e. The predicted octanol–water partition coefficient (Wildman–Crippen LogP) is 4.22. The van der Waals surface area contributed by atoms with E-state index >= 15 is 0 Å². The van der Waals surface area contributed by atoms with Crippen LogP contribution in [0, 0.1) is 11.3 Å². The molecule has 0 fully saturated rings. The zero-order chi connectivity index (χ0) is 13.2. The van der Waals surface area contributed by atoms with Crippen LogP contribution in [-0.2, 0) is 0 Å². The molecule has 0 aliphatic rings. The van der Waals surface area contributed by atoms with Gasteiger partial charge in [0, 0.05) is 10.5 Å². The van der Waals surface area contributed by atoms with Gasteiger partial charge in [0.1, 0.15) is 0 Å². The minimum Gasteiger partial charge on any atom is -0.234 e. The molecule has 0 aliphatic carbocycles. The second-order valence-electron chi connectivity index (χ2n) is 3.78. The third-order valence-corrected chi connectivity index (χ3v) is 5.37. The Morgan fingerprint density at radius 2 is 2.16 bits per heavy atom. The van der Waals surface area contributed by atoms with Crippen molar-refractivity contribution < 1.29 is 0 Å². The molecule has 0 amide bonds. The molecule has 19 heavy (non-hydrogen) atoms. The van der Waals surface area contributed by atoms with Crippen LogP contribution in [0.2, 0.25) is 0 Å². The Morgan fingerprint density at radius 1 is 1.26 bits per heavy atom. The summed E-state index contributed by atoms with van der Waals surface area (Å²) in [5, 5.41) is 11.0. The number of fused-ring (bicyclic) bond motifs is 1. The number of rotatable bonds is 1. The Kier molecular flexibility index (Phi) is 3.42. The first-order chi connectivity index (χ1) is 9.28. The lowest BCUT2D eigenvalue weighted by Gasteiger charge is -2.00. The smallest absolute Gasteiger partial charge is 0.162 e. The molecule has 0 spiro atoms. The van der Waals surface area contributed by atoms with Crippen molar-refractivity contribution >= 4 is 53.3 Å². The average Bonchev–Trinajstić information content (AvgIpc) is 2.83. The van der Waals surface area contributed by atoms with E-state index in [2.05, 4.69) is 31.4 Å². The molecule has 2 aromatic carbocycles. The number of nitrogens with zero attached hydrogens (tertiary/aromatic N) is 3. The van der Waals surface area contributed by atoms with Crippen LogP contribution in [0.15, 0.2) is 46.0 Å². The second kappa shape index (κ2) is 5.21. The van der Waals surface area contributed by atoms with E-state index in [1.807, 2.05) is 36.4 Å². The lowest BCUT2D eigenvalue weighted by atomic mass is 10.1.